The van der Waals surface area contributed by atoms with Crippen LogP contribution in [0.5, 0.6) is 0 Å². The minimum Gasteiger partial charge on any atom is -0.349 e. The topological polar surface area (TPSA) is 75.1 Å². The number of likely N-dealkylation sites (tertiary alicyclic amines) is 1. The standard InChI is InChI=1S/C19H34N6O.2ClH/c1-3-4-12-24-13-6-5-7-17(24)14-21-19(26)18-15(2)25(23-22-18)16-8-10-20-11-9-16;;/h16-17,20H,3-14H2,1-2H3,(H,21,26);2*1H. The van der Waals surface area contributed by atoms with Crippen molar-refractivity contribution in [2.45, 2.75) is 70.9 Å². The summed E-state index contributed by atoms with van der Waals surface area (Å²) in [7, 11) is 0. The van der Waals surface area contributed by atoms with Gasteiger partial charge in [-0.15, -0.1) is 29.9 Å². The molecule has 2 aliphatic heterocycles. The molecule has 28 heavy (non-hydrogen) atoms. The Morgan fingerprint density at radius 2 is 1.96 bits per heavy atom. The summed E-state index contributed by atoms with van der Waals surface area (Å²) >= 11 is 0. The van der Waals surface area contributed by atoms with Gasteiger partial charge >= 0.3 is 0 Å². The molecule has 0 aromatic carbocycles. The lowest BCUT2D eigenvalue weighted by Crippen LogP contribution is -2.47. The highest BCUT2D eigenvalue weighted by molar-refractivity contribution is 5.93. The van der Waals surface area contributed by atoms with Crippen LogP contribution in [0.25, 0.3) is 0 Å². The molecular weight excluding hydrogens is 399 g/mol. The Kier molecular flexibility index (Phi) is 11.3. The quantitative estimate of drug-likeness (QED) is 0.689. The lowest BCUT2D eigenvalue weighted by Gasteiger charge is -2.35. The maximum Gasteiger partial charge on any atom is 0.273 e. The van der Waals surface area contributed by atoms with Crippen LogP contribution in [0.1, 0.15) is 74.1 Å². The molecule has 0 spiro atoms. The zero-order valence-electron chi connectivity index (χ0n) is 17.2. The van der Waals surface area contributed by atoms with Crippen LogP contribution in [-0.2, 0) is 0 Å². The number of nitrogens with zero attached hydrogens (tertiary/aromatic N) is 4. The Labute approximate surface area is 181 Å². The maximum absolute atomic E-state index is 12.7. The average Bonchev–Trinajstić information content (AvgIpc) is 3.07. The van der Waals surface area contributed by atoms with E-state index in [1.165, 1.54) is 32.1 Å². The van der Waals surface area contributed by atoms with Crippen molar-refractivity contribution in [3.05, 3.63) is 11.4 Å². The molecule has 1 atom stereocenters. The second-order valence-electron chi connectivity index (χ2n) is 7.70. The highest BCUT2D eigenvalue weighted by Crippen LogP contribution is 2.21. The molecule has 0 aliphatic carbocycles. The van der Waals surface area contributed by atoms with Gasteiger partial charge in [0.05, 0.1) is 11.7 Å². The van der Waals surface area contributed by atoms with Gasteiger partial charge in [-0.3, -0.25) is 9.69 Å². The molecule has 7 nitrogen and oxygen atoms in total. The molecule has 1 amide bonds. The van der Waals surface area contributed by atoms with E-state index in [2.05, 4.69) is 32.8 Å². The van der Waals surface area contributed by atoms with Gasteiger partial charge in [0.2, 0.25) is 0 Å². The third-order valence-corrected chi connectivity index (χ3v) is 5.84. The van der Waals surface area contributed by atoms with Gasteiger partial charge in [0.15, 0.2) is 5.69 Å². The molecule has 0 saturated carbocycles. The van der Waals surface area contributed by atoms with Crippen LogP contribution in [0.4, 0.5) is 0 Å². The molecule has 0 radical (unpaired) electrons. The molecule has 9 heteroatoms. The van der Waals surface area contributed by atoms with E-state index in [1.54, 1.807) is 0 Å². The summed E-state index contributed by atoms with van der Waals surface area (Å²) in [5, 5.41) is 15.0. The lowest BCUT2D eigenvalue weighted by molar-refractivity contribution is 0.0907. The van der Waals surface area contributed by atoms with E-state index < -0.39 is 0 Å². The van der Waals surface area contributed by atoms with Crippen molar-refractivity contribution < 1.29 is 4.79 Å². The summed E-state index contributed by atoms with van der Waals surface area (Å²) < 4.78 is 1.95. The van der Waals surface area contributed by atoms with Crippen LogP contribution in [0.15, 0.2) is 0 Å². The fraction of sp³-hybridized carbons (Fsp3) is 0.842. The van der Waals surface area contributed by atoms with Gasteiger partial charge in [-0.25, -0.2) is 4.68 Å². The fourth-order valence-electron chi connectivity index (χ4n) is 4.19. The van der Waals surface area contributed by atoms with Crippen molar-refractivity contribution in [1.29, 1.82) is 0 Å². The first-order valence-electron chi connectivity index (χ1n) is 10.4. The van der Waals surface area contributed by atoms with E-state index in [0.717, 1.165) is 44.7 Å². The molecule has 2 N–H and O–H groups in total. The maximum atomic E-state index is 12.7. The number of aromatic nitrogens is 3. The number of halogens is 2. The van der Waals surface area contributed by atoms with Crippen molar-refractivity contribution in [3.63, 3.8) is 0 Å². The molecule has 2 fully saturated rings. The zero-order chi connectivity index (χ0) is 18.4. The van der Waals surface area contributed by atoms with Crippen molar-refractivity contribution in [1.82, 2.24) is 30.5 Å². The summed E-state index contributed by atoms with van der Waals surface area (Å²) in [4.78, 5) is 15.2. The number of piperidine rings is 2. The summed E-state index contributed by atoms with van der Waals surface area (Å²) in [6.45, 7) is 9.21. The van der Waals surface area contributed by atoms with E-state index in [9.17, 15) is 4.79 Å². The Balaban J connectivity index is 0.00000196. The van der Waals surface area contributed by atoms with Crippen LogP contribution in [0.2, 0.25) is 0 Å². The summed E-state index contributed by atoms with van der Waals surface area (Å²) in [5.41, 5.74) is 1.38. The van der Waals surface area contributed by atoms with Crippen LogP contribution in [0, 0.1) is 6.92 Å². The SMILES string of the molecule is CCCCN1CCCCC1CNC(=O)c1nnn(C2CCNCC2)c1C.Cl.Cl. The van der Waals surface area contributed by atoms with E-state index in [0.29, 0.717) is 24.3 Å². The third kappa shape index (κ3) is 6.31. The number of carbonyl (C=O) groups excluding carboxylic acids is 1. The number of amides is 1. The molecule has 3 rings (SSSR count). The highest BCUT2D eigenvalue weighted by Gasteiger charge is 2.25. The predicted molar refractivity (Wildman–Crippen MR) is 117 cm³/mol. The normalized spacial score (nSPS) is 20.9. The number of nitrogens with one attached hydrogen (secondary N) is 2. The van der Waals surface area contributed by atoms with Crippen molar-refractivity contribution >= 4 is 30.7 Å². The van der Waals surface area contributed by atoms with Crippen LogP contribution in [0.3, 0.4) is 0 Å². The monoisotopic (exact) mass is 434 g/mol. The summed E-state index contributed by atoms with van der Waals surface area (Å²) in [6.07, 6.45) is 8.23. The number of carbonyl (C=O) groups is 1. The number of unbranched alkanes of at least 4 members (excludes halogenated alkanes) is 1. The van der Waals surface area contributed by atoms with E-state index in [4.69, 9.17) is 0 Å². The average molecular weight is 435 g/mol. The zero-order valence-corrected chi connectivity index (χ0v) is 18.8. The van der Waals surface area contributed by atoms with Crippen LogP contribution >= 0.6 is 24.8 Å². The lowest BCUT2D eigenvalue weighted by atomic mass is 10.0. The Morgan fingerprint density at radius 1 is 1.21 bits per heavy atom. The van der Waals surface area contributed by atoms with Gasteiger partial charge < -0.3 is 10.6 Å². The molecule has 0 bridgehead atoms. The van der Waals surface area contributed by atoms with Crippen LogP contribution < -0.4 is 10.6 Å². The highest BCUT2D eigenvalue weighted by atomic mass is 35.5. The molecule has 3 heterocycles. The van der Waals surface area contributed by atoms with Gasteiger partial charge in [0.1, 0.15) is 0 Å². The number of hydrogen-bond acceptors (Lipinski definition) is 5. The Hall–Kier alpha value is -0.890. The smallest absolute Gasteiger partial charge is 0.273 e. The second-order valence-corrected chi connectivity index (χ2v) is 7.70. The van der Waals surface area contributed by atoms with Gasteiger partial charge in [-0.05, 0) is 65.2 Å². The second kappa shape index (κ2) is 12.6. The van der Waals surface area contributed by atoms with E-state index in [1.807, 2.05) is 11.6 Å². The predicted octanol–water partition coefficient (Wildman–Crippen LogP) is 2.74. The fourth-order valence-corrected chi connectivity index (χ4v) is 4.19. The minimum atomic E-state index is -0.0799. The molecule has 1 aromatic rings. The molecule has 1 aromatic heterocycles. The van der Waals surface area contributed by atoms with Gasteiger partial charge in [0, 0.05) is 12.6 Å². The first-order valence-corrected chi connectivity index (χ1v) is 10.4. The summed E-state index contributed by atoms with van der Waals surface area (Å²) in [5.74, 6) is -0.0799. The van der Waals surface area contributed by atoms with E-state index >= 15 is 0 Å². The molecule has 2 saturated heterocycles. The number of rotatable bonds is 7. The van der Waals surface area contributed by atoms with Crippen molar-refractivity contribution in [2.75, 3.05) is 32.7 Å². The largest absolute Gasteiger partial charge is 0.349 e. The van der Waals surface area contributed by atoms with Gasteiger partial charge in [-0.1, -0.05) is 25.0 Å². The minimum absolute atomic E-state index is 0. The van der Waals surface area contributed by atoms with Gasteiger partial charge in [-0.2, -0.15) is 0 Å². The first-order chi connectivity index (χ1) is 12.7. The Morgan fingerprint density at radius 3 is 2.68 bits per heavy atom. The molecule has 1 unspecified atom stereocenters. The Bertz CT molecular complexity index is 591. The van der Waals surface area contributed by atoms with E-state index in [-0.39, 0.29) is 30.7 Å². The number of hydrogen-bond donors (Lipinski definition) is 2. The third-order valence-electron chi connectivity index (χ3n) is 5.84. The van der Waals surface area contributed by atoms with Crippen molar-refractivity contribution in [3.8, 4) is 0 Å². The summed E-state index contributed by atoms with van der Waals surface area (Å²) in [6, 6.07) is 0.812. The van der Waals surface area contributed by atoms with Crippen molar-refractivity contribution in [2.24, 2.45) is 0 Å². The first kappa shape index (κ1) is 25.1. The molecule has 2 aliphatic rings. The van der Waals surface area contributed by atoms with Gasteiger partial charge in [0.25, 0.3) is 5.91 Å². The molecular formula is C19H36Cl2N6O. The van der Waals surface area contributed by atoms with Crippen LogP contribution in [-0.4, -0.2) is 64.6 Å². The molecule has 162 valence electrons.